The van der Waals surface area contributed by atoms with E-state index in [1.165, 1.54) is 17.7 Å². The van der Waals surface area contributed by atoms with E-state index in [2.05, 4.69) is 11.4 Å². The van der Waals surface area contributed by atoms with E-state index in [0.29, 0.717) is 26.1 Å². The predicted octanol–water partition coefficient (Wildman–Crippen LogP) is 2.90. The highest BCUT2D eigenvalue weighted by atomic mass is 35.5. The molecule has 2 heterocycles. The van der Waals surface area contributed by atoms with Gasteiger partial charge in [0.25, 0.3) is 0 Å². The van der Waals surface area contributed by atoms with Crippen LogP contribution in [0.1, 0.15) is 22.7 Å². The number of ether oxygens (including phenoxy) is 1. The fraction of sp³-hybridized carbons (Fsp3) is 0.350. The molecule has 0 spiro atoms. The first-order valence-electron chi connectivity index (χ1n) is 8.71. The van der Waals surface area contributed by atoms with Gasteiger partial charge in [-0.25, -0.2) is 4.39 Å². The number of fused-ring (bicyclic) bond motifs is 1. The third-order valence-corrected chi connectivity index (χ3v) is 4.91. The first-order valence-corrected chi connectivity index (χ1v) is 8.71. The predicted molar refractivity (Wildman–Crippen MR) is 100 cm³/mol. The normalized spacial score (nSPS) is 18.7. The molecule has 0 saturated carbocycles. The molecule has 1 amide bonds. The molecular weight excluding hydrogens is 355 g/mol. The lowest BCUT2D eigenvalue weighted by molar-refractivity contribution is -0.133. The Labute approximate surface area is 158 Å². The summed E-state index contributed by atoms with van der Waals surface area (Å²) in [6.45, 7) is 2.75. The van der Waals surface area contributed by atoms with Crippen molar-refractivity contribution in [3.8, 4) is 5.75 Å². The number of halogens is 2. The topological polar surface area (TPSA) is 41.6 Å². The monoisotopic (exact) mass is 376 g/mol. The number of benzene rings is 2. The highest BCUT2D eigenvalue weighted by Crippen LogP contribution is 2.27. The number of nitrogens with one attached hydrogen (secondary N) is 1. The Morgan fingerprint density at radius 2 is 2.15 bits per heavy atom. The minimum Gasteiger partial charge on any atom is -0.493 e. The average Bonchev–Trinajstić information content (AvgIpc) is 3.09. The number of carbonyl (C=O) groups excluding carboxylic acids is 1. The summed E-state index contributed by atoms with van der Waals surface area (Å²) >= 11 is 0. The summed E-state index contributed by atoms with van der Waals surface area (Å²) < 4.78 is 19.1. The van der Waals surface area contributed by atoms with Crippen LogP contribution in [0.3, 0.4) is 0 Å². The molecule has 138 valence electrons. The number of nitrogens with zero attached hydrogens (tertiary/aromatic N) is 1. The van der Waals surface area contributed by atoms with E-state index in [1.54, 1.807) is 6.07 Å². The fourth-order valence-electron chi connectivity index (χ4n) is 3.64. The van der Waals surface area contributed by atoms with Crippen LogP contribution in [0.15, 0.2) is 42.5 Å². The summed E-state index contributed by atoms with van der Waals surface area (Å²) in [6.07, 6.45) is 1.26. The SMILES string of the molecule is Cl.O=C(Cc1ccc2c(c1)CCO2)N1CCNCC1c1cccc(F)c1. The largest absolute Gasteiger partial charge is 0.493 e. The summed E-state index contributed by atoms with van der Waals surface area (Å²) in [5.41, 5.74) is 3.01. The number of hydrogen-bond acceptors (Lipinski definition) is 3. The molecule has 0 bridgehead atoms. The van der Waals surface area contributed by atoms with Gasteiger partial charge in [-0.05, 0) is 34.9 Å². The average molecular weight is 377 g/mol. The first kappa shape index (κ1) is 18.7. The minimum atomic E-state index is -0.269. The highest BCUT2D eigenvalue weighted by Gasteiger charge is 2.28. The quantitative estimate of drug-likeness (QED) is 0.895. The van der Waals surface area contributed by atoms with Crippen LogP contribution in [0, 0.1) is 5.82 Å². The maximum Gasteiger partial charge on any atom is 0.227 e. The van der Waals surface area contributed by atoms with Crippen molar-refractivity contribution in [2.45, 2.75) is 18.9 Å². The van der Waals surface area contributed by atoms with E-state index in [4.69, 9.17) is 4.74 Å². The van der Waals surface area contributed by atoms with E-state index in [9.17, 15) is 9.18 Å². The van der Waals surface area contributed by atoms with Crippen LogP contribution in [0.5, 0.6) is 5.75 Å². The molecule has 0 aromatic heterocycles. The van der Waals surface area contributed by atoms with Gasteiger partial charge in [0.2, 0.25) is 5.91 Å². The van der Waals surface area contributed by atoms with E-state index < -0.39 is 0 Å². The number of amides is 1. The zero-order valence-electron chi connectivity index (χ0n) is 14.4. The van der Waals surface area contributed by atoms with Gasteiger partial charge in [0, 0.05) is 26.1 Å². The smallest absolute Gasteiger partial charge is 0.227 e. The van der Waals surface area contributed by atoms with Gasteiger partial charge < -0.3 is 15.0 Å². The first-order chi connectivity index (χ1) is 12.2. The number of hydrogen-bond donors (Lipinski definition) is 1. The molecule has 2 aromatic carbocycles. The number of piperazine rings is 1. The van der Waals surface area contributed by atoms with Crippen LogP contribution in [-0.2, 0) is 17.6 Å². The molecule has 2 aliphatic rings. The Kier molecular flexibility index (Phi) is 5.79. The van der Waals surface area contributed by atoms with Crippen molar-refractivity contribution in [1.82, 2.24) is 10.2 Å². The van der Waals surface area contributed by atoms with E-state index in [1.807, 2.05) is 23.1 Å². The standard InChI is InChI=1S/C20H21FN2O2.ClH/c21-17-3-1-2-15(12-17)18-13-22-7-8-23(18)20(24)11-14-4-5-19-16(10-14)6-9-25-19;/h1-5,10,12,18,22H,6-9,11,13H2;1H. The van der Waals surface area contributed by atoms with Crippen LogP contribution in [-0.4, -0.2) is 37.0 Å². The maximum atomic E-state index is 13.6. The molecule has 1 N–H and O–H groups in total. The second-order valence-electron chi connectivity index (χ2n) is 6.58. The van der Waals surface area contributed by atoms with Gasteiger partial charge in [0.15, 0.2) is 0 Å². The molecule has 26 heavy (non-hydrogen) atoms. The third kappa shape index (κ3) is 3.84. The summed E-state index contributed by atoms with van der Waals surface area (Å²) in [5, 5.41) is 3.30. The van der Waals surface area contributed by atoms with Crippen LogP contribution < -0.4 is 10.1 Å². The van der Waals surface area contributed by atoms with Gasteiger partial charge in [-0.2, -0.15) is 0 Å². The molecular formula is C20H22ClFN2O2. The number of rotatable bonds is 3. The minimum absolute atomic E-state index is 0. The Morgan fingerprint density at radius 1 is 1.27 bits per heavy atom. The Hall–Kier alpha value is -2.11. The van der Waals surface area contributed by atoms with E-state index in [-0.39, 0.29) is 30.2 Å². The Bertz CT molecular complexity index is 799. The zero-order valence-corrected chi connectivity index (χ0v) is 15.2. The van der Waals surface area contributed by atoms with Crippen LogP contribution in [0.2, 0.25) is 0 Å². The lowest BCUT2D eigenvalue weighted by Crippen LogP contribution is -2.49. The molecule has 4 nitrogen and oxygen atoms in total. The second kappa shape index (κ2) is 8.06. The van der Waals surface area contributed by atoms with Crippen molar-refractivity contribution in [2.75, 3.05) is 26.2 Å². The van der Waals surface area contributed by atoms with Crippen molar-refractivity contribution in [2.24, 2.45) is 0 Å². The van der Waals surface area contributed by atoms with Gasteiger partial charge in [-0.1, -0.05) is 24.3 Å². The fourth-order valence-corrected chi connectivity index (χ4v) is 3.64. The van der Waals surface area contributed by atoms with Crippen molar-refractivity contribution < 1.29 is 13.9 Å². The van der Waals surface area contributed by atoms with E-state index in [0.717, 1.165) is 29.8 Å². The summed E-state index contributed by atoms with van der Waals surface area (Å²) in [7, 11) is 0. The van der Waals surface area contributed by atoms with Crippen LogP contribution >= 0.6 is 12.4 Å². The summed E-state index contributed by atoms with van der Waals surface area (Å²) in [5.74, 6) is 0.736. The van der Waals surface area contributed by atoms with Crippen LogP contribution in [0.4, 0.5) is 4.39 Å². The molecule has 2 aromatic rings. The molecule has 2 aliphatic heterocycles. The number of carbonyl (C=O) groups is 1. The lowest BCUT2D eigenvalue weighted by atomic mass is 10.0. The van der Waals surface area contributed by atoms with Crippen molar-refractivity contribution in [1.29, 1.82) is 0 Å². The van der Waals surface area contributed by atoms with Gasteiger partial charge in [-0.15, -0.1) is 12.4 Å². The molecule has 0 radical (unpaired) electrons. The summed E-state index contributed by atoms with van der Waals surface area (Å²) in [6, 6.07) is 12.4. The summed E-state index contributed by atoms with van der Waals surface area (Å²) in [4.78, 5) is 14.8. The molecule has 1 unspecified atom stereocenters. The van der Waals surface area contributed by atoms with Crippen molar-refractivity contribution in [3.63, 3.8) is 0 Å². The van der Waals surface area contributed by atoms with Gasteiger partial charge in [0.05, 0.1) is 19.1 Å². The van der Waals surface area contributed by atoms with Gasteiger partial charge in [-0.3, -0.25) is 4.79 Å². The molecule has 4 rings (SSSR count). The molecule has 6 heteroatoms. The van der Waals surface area contributed by atoms with Crippen molar-refractivity contribution in [3.05, 3.63) is 65.0 Å². The lowest BCUT2D eigenvalue weighted by Gasteiger charge is -2.36. The molecule has 0 aliphatic carbocycles. The Morgan fingerprint density at radius 3 is 3.00 bits per heavy atom. The molecule has 1 atom stereocenters. The maximum absolute atomic E-state index is 13.6. The molecule has 1 fully saturated rings. The van der Waals surface area contributed by atoms with Gasteiger partial charge >= 0.3 is 0 Å². The Balaban J connectivity index is 0.00000196. The van der Waals surface area contributed by atoms with Gasteiger partial charge in [0.1, 0.15) is 11.6 Å². The third-order valence-electron chi connectivity index (χ3n) is 4.91. The van der Waals surface area contributed by atoms with Crippen LogP contribution in [0.25, 0.3) is 0 Å². The highest BCUT2D eigenvalue weighted by molar-refractivity contribution is 5.85. The zero-order chi connectivity index (χ0) is 17.2. The van der Waals surface area contributed by atoms with Crippen molar-refractivity contribution >= 4 is 18.3 Å². The molecule has 1 saturated heterocycles. The second-order valence-corrected chi connectivity index (χ2v) is 6.58. The van der Waals surface area contributed by atoms with E-state index >= 15 is 0 Å².